The number of carbonyl (C=O) groups excluding carboxylic acids is 1. The van der Waals surface area contributed by atoms with Gasteiger partial charge in [0.15, 0.2) is 5.78 Å². The molecular weight excluding hydrogens is 238 g/mol. The third-order valence-electron chi connectivity index (χ3n) is 4.29. The summed E-state index contributed by atoms with van der Waals surface area (Å²) >= 11 is 0. The predicted molar refractivity (Wildman–Crippen MR) is 71.5 cm³/mol. The lowest BCUT2D eigenvalue weighted by Gasteiger charge is -2.35. The summed E-state index contributed by atoms with van der Waals surface area (Å²) in [4.78, 5) is 14.5. The summed E-state index contributed by atoms with van der Waals surface area (Å²) in [5.74, 6) is 0.432. The summed E-state index contributed by atoms with van der Waals surface area (Å²) in [6.45, 7) is 0. The molecule has 1 unspecified atom stereocenters. The lowest BCUT2D eigenvalue weighted by Crippen LogP contribution is -2.47. The molecule has 1 aromatic rings. The van der Waals surface area contributed by atoms with E-state index in [2.05, 4.69) is 4.90 Å². The molecule has 2 heterocycles. The monoisotopic (exact) mass is 251 g/mol. The van der Waals surface area contributed by atoms with Crippen molar-refractivity contribution < 1.29 is 9.90 Å². The van der Waals surface area contributed by atoms with Crippen molar-refractivity contribution in [1.29, 1.82) is 0 Å². The maximum absolute atomic E-state index is 12.5. The van der Waals surface area contributed by atoms with Gasteiger partial charge in [0.05, 0.1) is 0 Å². The van der Waals surface area contributed by atoms with E-state index in [0.717, 1.165) is 16.8 Å². The van der Waals surface area contributed by atoms with E-state index in [9.17, 15) is 9.90 Å². The molecular formula is C16H13NO2. The van der Waals surface area contributed by atoms with E-state index in [4.69, 9.17) is 0 Å². The van der Waals surface area contributed by atoms with Gasteiger partial charge in [0.25, 0.3) is 0 Å². The number of rotatable bonds is 0. The molecule has 3 heteroatoms. The highest BCUT2D eigenvalue weighted by Gasteiger charge is 2.51. The van der Waals surface area contributed by atoms with E-state index in [0.29, 0.717) is 18.6 Å². The van der Waals surface area contributed by atoms with Gasteiger partial charge in [-0.15, -0.1) is 0 Å². The highest BCUT2D eigenvalue weighted by atomic mass is 16.3. The van der Waals surface area contributed by atoms with Crippen LogP contribution in [0, 0.1) is 0 Å². The summed E-state index contributed by atoms with van der Waals surface area (Å²) in [5, 5.41) is 9.98. The number of aromatic hydroxyl groups is 1. The van der Waals surface area contributed by atoms with Crippen LogP contribution in [0.4, 0.5) is 0 Å². The van der Waals surface area contributed by atoms with Gasteiger partial charge < -0.3 is 10.0 Å². The van der Waals surface area contributed by atoms with Crippen LogP contribution >= 0.6 is 0 Å². The van der Waals surface area contributed by atoms with Crippen LogP contribution in [-0.4, -0.2) is 21.3 Å². The van der Waals surface area contributed by atoms with Gasteiger partial charge in [-0.3, -0.25) is 4.79 Å². The second kappa shape index (κ2) is 3.38. The lowest BCUT2D eigenvalue weighted by atomic mass is 9.91. The molecule has 0 bridgehead atoms. The standard InChI is InChI=1S/C16H13NO2/c18-14-6-3-4-11-9-16(10-13(11)14)15(19)8-12-5-1-2-7-17(12)16/h1-8,18H,9-10H2. The third kappa shape index (κ3) is 1.24. The van der Waals surface area contributed by atoms with Crippen molar-refractivity contribution in [2.45, 2.75) is 18.4 Å². The number of phenolic OH excluding ortho intramolecular Hbond substituents is 1. The summed E-state index contributed by atoms with van der Waals surface area (Å²) in [5.41, 5.74) is 2.37. The molecule has 1 spiro atoms. The number of carbonyl (C=O) groups is 1. The van der Waals surface area contributed by atoms with Crippen LogP contribution in [0.5, 0.6) is 5.75 Å². The van der Waals surface area contributed by atoms with Crippen LogP contribution in [0.1, 0.15) is 11.1 Å². The highest BCUT2D eigenvalue weighted by molar-refractivity contribution is 6.03. The normalized spacial score (nSPS) is 26.8. The quantitative estimate of drug-likeness (QED) is 0.767. The molecule has 0 amide bonds. The van der Waals surface area contributed by atoms with Crippen molar-refractivity contribution in [3.63, 3.8) is 0 Å². The van der Waals surface area contributed by atoms with E-state index >= 15 is 0 Å². The topological polar surface area (TPSA) is 40.5 Å². The first-order chi connectivity index (χ1) is 9.21. The number of phenols is 1. The molecule has 1 atom stereocenters. The number of hydrogen-bond donors (Lipinski definition) is 1. The first kappa shape index (κ1) is 10.6. The van der Waals surface area contributed by atoms with Gasteiger partial charge >= 0.3 is 0 Å². The predicted octanol–water partition coefficient (Wildman–Crippen LogP) is 2.08. The Hall–Kier alpha value is -2.29. The van der Waals surface area contributed by atoms with E-state index in [-0.39, 0.29) is 5.78 Å². The molecule has 1 aliphatic carbocycles. The minimum absolute atomic E-state index is 0.134. The van der Waals surface area contributed by atoms with Crippen molar-refractivity contribution in [2.75, 3.05) is 0 Å². The van der Waals surface area contributed by atoms with Gasteiger partial charge in [0.1, 0.15) is 11.3 Å². The lowest BCUT2D eigenvalue weighted by molar-refractivity contribution is -0.121. The smallest absolute Gasteiger partial charge is 0.184 e. The molecule has 4 rings (SSSR count). The van der Waals surface area contributed by atoms with Crippen molar-refractivity contribution in [3.05, 3.63) is 65.5 Å². The number of allylic oxidation sites excluding steroid dienone is 3. The second-order valence-corrected chi connectivity index (χ2v) is 5.30. The first-order valence-corrected chi connectivity index (χ1v) is 6.41. The second-order valence-electron chi connectivity index (χ2n) is 5.30. The van der Waals surface area contributed by atoms with Crippen LogP contribution < -0.4 is 0 Å². The zero-order chi connectivity index (χ0) is 13.0. The fourth-order valence-electron chi connectivity index (χ4n) is 3.36. The van der Waals surface area contributed by atoms with Crippen LogP contribution in [0.2, 0.25) is 0 Å². The van der Waals surface area contributed by atoms with Crippen LogP contribution in [0.15, 0.2) is 54.4 Å². The first-order valence-electron chi connectivity index (χ1n) is 6.41. The molecule has 0 aromatic heterocycles. The molecule has 3 aliphatic rings. The zero-order valence-electron chi connectivity index (χ0n) is 10.3. The van der Waals surface area contributed by atoms with Crippen LogP contribution in [0.25, 0.3) is 0 Å². The van der Waals surface area contributed by atoms with Gasteiger partial charge in [-0.1, -0.05) is 18.2 Å². The summed E-state index contributed by atoms with van der Waals surface area (Å²) in [7, 11) is 0. The van der Waals surface area contributed by atoms with Crippen LogP contribution in [0.3, 0.4) is 0 Å². The van der Waals surface area contributed by atoms with Gasteiger partial charge in [0, 0.05) is 30.8 Å². The number of benzene rings is 1. The summed E-state index contributed by atoms with van der Waals surface area (Å²) in [6.07, 6.45) is 10.7. The van der Waals surface area contributed by atoms with Crippen molar-refractivity contribution in [2.24, 2.45) is 0 Å². The SMILES string of the molecule is O=C1C=C2C=CC=CN2C12Cc1cccc(O)c1C2. The minimum atomic E-state index is -0.558. The number of fused-ring (bicyclic) bond motifs is 3. The minimum Gasteiger partial charge on any atom is -0.508 e. The van der Waals surface area contributed by atoms with E-state index in [1.54, 1.807) is 12.1 Å². The van der Waals surface area contributed by atoms with Gasteiger partial charge in [0.2, 0.25) is 0 Å². The fraction of sp³-hybridized carbons (Fsp3) is 0.188. The molecule has 0 saturated carbocycles. The number of hydrogen-bond acceptors (Lipinski definition) is 3. The Kier molecular flexibility index (Phi) is 1.89. The van der Waals surface area contributed by atoms with E-state index in [1.807, 2.05) is 36.6 Å². The van der Waals surface area contributed by atoms with Crippen LogP contribution in [-0.2, 0) is 17.6 Å². The maximum Gasteiger partial charge on any atom is 0.184 e. The molecule has 1 N–H and O–H groups in total. The molecule has 0 radical (unpaired) electrons. The molecule has 94 valence electrons. The average Bonchev–Trinajstić information content (AvgIpc) is 2.92. The van der Waals surface area contributed by atoms with Crippen molar-refractivity contribution in [1.82, 2.24) is 4.90 Å². The Balaban J connectivity index is 1.83. The summed E-state index contributed by atoms with van der Waals surface area (Å²) < 4.78 is 0. The van der Waals surface area contributed by atoms with Crippen molar-refractivity contribution in [3.8, 4) is 5.75 Å². The summed E-state index contributed by atoms with van der Waals surface area (Å²) in [6, 6.07) is 5.53. The number of ketones is 1. The van der Waals surface area contributed by atoms with Crippen molar-refractivity contribution >= 4 is 5.78 Å². The maximum atomic E-state index is 12.5. The highest BCUT2D eigenvalue weighted by Crippen LogP contribution is 2.45. The third-order valence-corrected chi connectivity index (χ3v) is 4.29. The Morgan fingerprint density at radius 2 is 2.11 bits per heavy atom. The Morgan fingerprint density at radius 3 is 2.95 bits per heavy atom. The molecule has 0 fully saturated rings. The zero-order valence-corrected chi connectivity index (χ0v) is 10.3. The Labute approximate surface area is 111 Å². The Bertz CT molecular complexity index is 684. The largest absolute Gasteiger partial charge is 0.508 e. The molecule has 2 aliphatic heterocycles. The van der Waals surface area contributed by atoms with E-state index in [1.165, 1.54) is 0 Å². The number of nitrogens with zero attached hydrogens (tertiary/aromatic N) is 1. The van der Waals surface area contributed by atoms with E-state index < -0.39 is 5.54 Å². The van der Waals surface area contributed by atoms with Gasteiger partial charge in [-0.25, -0.2) is 0 Å². The van der Waals surface area contributed by atoms with Gasteiger partial charge in [-0.2, -0.15) is 0 Å². The molecule has 1 aromatic carbocycles. The average molecular weight is 251 g/mol. The van der Waals surface area contributed by atoms with Gasteiger partial charge in [-0.05, 0) is 29.3 Å². The Morgan fingerprint density at radius 1 is 1.21 bits per heavy atom. The fourth-order valence-corrected chi connectivity index (χ4v) is 3.36. The molecule has 3 nitrogen and oxygen atoms in total. The molecule has 0 saturated heterocycles. The molecule has 19 heavy (non-hydrogen) atoms.